The van der Waals surface area contributed by atoms with E-state index in [1.807, 2.05) is 31.2 Å². The minimum atomic E-state index is -0.148. The molecule has 2 rings (SSSR count). The van der Waals surface area contributed by atoms with Crippen LogP contribution in [0.15, 0.2) is 29.3 Å². The first-order valence-electron chi connectivity index (χ1n) is 9.40. The second-order valence-corrected chi connectivity index (χ2v) is 6.67. The molecule has 1 aliphatic rings. The average Bonchev–Trinajstić information content (AvgIpc) is 3.07. The van der Waals surface area contributed by atoms with Gasteiger partial charge in [-0.25, -0.2) is 4.99 Å². The molecular weight excluding hydrogens is 473 g/mol. The number of hydrogen-bond acceptors (Lipinski definition) is 5. The first-order chi connectivity index (χ1) is 13.1. The molecule has 0 aromatic heterocycles. The molecule has 2 atom stereocenters. The molecule has 1 heterocycles. The minimum absolute atomic E-state index is 0. The Labute approximate surface area is 184 Å². The van der Waals surface area contributed by atoms with Crippen molar-refractivity contribution in [3.8, 4) is 5.75 Å². The third kappa shape index (κ3) is 7.12. The van der Waals surface area contributed by atoms with E-state index in [2.05, 4.69) is 17.1 Å². The number of nitrogens with zero attached hydrogens (tertiary/aromatic N) is 2. The van der Waals surface area contributed by atoms with Crippen LogP contribution < -0.4 is 10.1 Å². The first-order valence-corrected chi connectivity index (χ1v) is 9.40. The number of ether oxygens (including phenoxy) is 3. The fraction of sp³-hybridized carbons (Fsp3) is 0.600. The largest absolute Gasteiger partial charge is 0.491 e. The third-order valence-corrected chi connectivity index (χ3v) is 4.64. The molecule has 0 bridgehead atoms. The number of guanidine groups is 1. The number of carbonyl (C=O) groups excluding carboxylic acids is 1. The molecule has 1 aromatic carbocycles. The van der Waals surface area contributed by atoms with Gasteiger partial charge in [0.15, 0.2) is 5.96 Å². The summed E-state index contributed by atoms with van der Waals surface area (Å²) in [6, 6.07) is 7.91. The van der Waals surface area contributed by atoms with Crippen LogP contribution in [0.4, 0.5) is 0 Å². The number of aliphatic imine (C=N–C) groups is 1. The van der Waals surface area contributed by atoms with Crippen LogP contribution in [-0.2, 0) is 20.8 Å². The number of likely N-dealkylation sites (tertiary alicyclic amines) is 1. The molecule has 0 spiro atoms. The van der Waals surface area contributed by atoms with E-state index in [1.165, 1.54) is 7.11 Å². The van der Waals surface area contributed by atoms with Crippen molar-refractivity contribution in [1.82, 2.24) is 10.2 Å². The summed E-state index contributed by atoms with van der Waals surface area (Å²) < 4.78 is 15.5. The Kier molecular flexibility index (Phi) is 11.2. The van der Waals surface area contributed by atoms with Gasteiger partial charge in [0.1, 0.15) is 12.4 Å². The summed E-state index contributed by atoms with van der Waals surface area (Å²) in [7, 11) is 3.10. The van der Waals surface area contributed by atoms with E-state index in [1.54, 1.807) is 7.11 Å². The lowest BCUT2D eigenvalue weighted by atomic mass is 9.99. The van der Waals surface area contributed by atoms with Gasteiger partial charge < -0.3 is 24.4 Å². The molecule has 1 N–H and O–H groups in total. The van der Waals surface area contributed by atoms with Crippen LogP contribution in [-0.4, -0.2) is 63.9 Å². The third-order valence-electron chi connectivity index (χ3n) is 4.64. The van der Waals surface area contributed by atoms with Gasteiger partial charge in [-0.3, -0.25) is 4.79 Å². The summed E-state index contributed by atoms with van der Waals surface area (Å²) in [6.07, 6.45) is 0. The zero-order valence-corrected chi connectivity index (χ0v) is 19.5. The molecule has 158 valence electrons. The predicted octanol–water partition coefficient (Wildman–Crippen LogP) is 2.54. The van der Waals surface area contributed by atoms with Crippen molar-refractivity contribution in [1.29, 1.82) is 0 Å². The lowest BCUT2D eigenvalue weighted by Gasteiger charge is -2.21. The number of methoxy groups -OCH3 is 2. The van der Waals surface area contributed by atoms with E-state index >= 15 is 0 Å². The Bertz CT molecular complexity index is 624. The van der Waals surface area contributed by atoms with Gasteiger partial charge in [-0.1, -0.05) is 19.1 Å². The maximum Gasteiger partial charge on any atom is 0.310 e. The Hall–Kier alpha value is -1.55. The number of carbonyl (C=O) groups is 1. The standard InChI is InChI=1S/C20H31N3O4.HI/c1-5-21-20(23-13-15(2)18(14-23)19(24)26-4)22-12-16-6-8-17(9-7-16)27-11-10-25-3;/h6-9,15,18H,5,10-14H2,1-4H3,(H,21,22);1H. The molecular formula is C20H32IN3O4. The first kappa shape index (κ1) is 24.5. The highest BCUT2D eigenvalue weighted by Gasteiger charge is 2.36. The Morgan fingerprint density at radius 3 is 2.54 bits per heavy atom. The maximum atomic E-state index is 11.9. The fourth-order valence-corrected chi connectivity index (χ4v) is 3.12. The van der Waals surface area contributed by atoms with Gasteiger partial charge >= 0.3 is 5.97 Å². The number of benzene rings is 1. The van der Waals surface area contributed by atoms with Gasteiger partial charge in [0.05, 0.1) is 26.2 Å². The molecule has 0 saturated carbocycles. The fourth-order valence-electron chi connectivity index (χ4n) is 3.12. The van der Waals surface area contributed by atoms with Gasteiger partial charge in [0.2, 0.25) is 0 Å². The molecule has 7 nitrogen and oxygen atoms in total. The Balaban J connectivity index is 0.00000392. The second-order valence-electron chi connectivity index (χ2n) is 6.67. The van der Waals surface area contributed by atoms with Crippen molar-refractivity contribution in [2.24, 2.45) is 16.8 Å². The molecule has 2 unspecified atom stereocenters. The van der Waals surface area contributed by atoms with Crippen molar-refractivity contribution in [2.45, 2.75) is 20.4 Å². The van der Waals surface area contributed by atoms with E-state index in [9.17, 15) is 4.79 Å². The zero-order valence-electron chi connectivity index (χ0n) is 17.1. The van der Waals surface area contributed by atoms with Gasteiger partial charge in [0, 0.05) is 26.7 Å². The number of halogens is 1. The van der Waals surface area contributed by atoms with Crippen molar-refractivity contribution < 1.29 is 19.0 Å². The molecule has 28 heavy (non-hydrogen) atoms. The van der Waals surface area contributed by atoms with E-state index < -0.39 is 0 Å². The summed E-state index contributed by atoms with van der Waals surface area (Å²) in [5.74, 6) is 1.63. The lowest BCUT2D eigenvalue weighted by molar-refractivity contribution is -0.145. The smallest absolute Gasteiger partial charge is 0.310 e. The van der Waals surface area contributed by atoms with Crippen LogP contribution in [0, 0.1) is 11.8 Å². The molecule has 1 aliphatic heterocycles. The van der Waals surface area contributed by atoms with Crippen LogP contribution in [0.2, 0.25) is 0 Å². The highest BCUT2D eigenvalue weighted by atomic mass is 127. The molecule has 1 aromatic rings. The van der Waals surface area contributed by atoms with E-state index in [0.717, 1.165) is 30.4 Å². The van der Waals surface area contributed by atoms with Gasteiger partial charge in [-0.15, -0.1) is 24.0 Å². The van der Waals surface area contributed by atoms with Crippen molar-refractivity contribution >= 4 is 35.9 Å². The summed E-state index contributed by atoms with van der Waals surface area (Å²) in [5.41, 5.74) is 1.10. The van der Waals surface area contributed by atoms with E-state index in [4.69, 9.17) is 19.2 Å². The summed E-state index contributed by atoms with van der Waals surface area (Å²) >= 11 is 0. The maximum absolute atomic E-state index is 11.9. The summed E-state index contributed by atoms with van der Waals surface area (Å²) in [5, 5.41) is 3.32. The molecule has 0 aliphatic carbocycles. The number of nitrogens with one attached hydrogen (secondary N) is 1. The second kappa shape index (κ2) is 12.8. The molecule has 8 heteroatoms. The molecule has 0 radical (unpaired) electrons. The van der Waals surface area contributed by atoms with Crippen molar-refractivity contribution in [3.05, 3.63) is 29.8 Å². The van der Waals surface area contributed by atoms with Crippen molar-refractivity contribution in [3.63, 3.8) is 0 Å². The van der Waals surface area contributed by atoms with Gasteiger partial charge in [-0.05, 0) is 30.5 Å². The predicted molar refractivity (Wildman–Crippen MR) is 120 cm³/mol. The summed E-state index contributed by atoms with van der Waals surface area (Å²) in [6.45, 7) is 7.98. The van der Waals surface area contributed by atoms with Crippen LogP contribution in [0.1, 0.15) is 19.4 Å². The lowest BCUT2D eigenvalue weighted by Crippen LogP contribution is -2.40. The van der Waals surface area contributed by atoms with E-state index in [-0.39, 0.29) is 41.8 Å². The van der Waals surface area contributed by atoms with Crippen molar-refractivity contribution in [2.75, 3.05) is 47.1 Å². The number of esters is 1. The Morgan fingerprint density at radius 2 is 1.93 bits per heavy atom. The highest BCUT2D eigenvalue weighted by Crippen LogP contribution is 2.24. The molecule has 0 amide bonds. The van der Waals surface area contributed by atoms with E-state index in [0.29, 0.717) is 26.3 Å². The summed E-state index contributed by atoms with van der Waals surface area (Å²) in [4.78, 5) is 18.8. The number of hydrogen-bond donors (Lipinski definition) is 1. The van der Waals surface area contributed by atoms with Gasteiger partial charge in [0.25, 0.3) is 0 Å². The minimum Gasteiger partial charge on any atom is -0.491 e. The van der Waals surface area contributed by atoms with Crippen LogP contribution in [0.3, 0.4) is 0 Å². The zero-order chi connectivity index (χ0) is 19.6. The SMILES string of the molecule is CCNC(=NCc1ccc(OCCOC)cc1)N1CC(C)C(C(=O)OC)C1.I. The monoisotopic (exact) mass is 505 g/mol. The molecule has 1 saturated heterocycles. The van der Waals surface area contributed by atoms with Crippen LogP contribution >= 0.6 is 24.0 Å². The topological polar surface area (TPSA) is 72.4 Å². The van der Waals surface area contributed by atoms with Crippen LogP contribution in [0.5, 0.6) is 5.75 Å². The van der Waals surface area contributed by atoms with Gasteiger partial charge in [-0.2, -0.15) is 0 Å². The quantitative estimate of drug-likeness (QED) is 0.193. The Morgan fingerprint density at radius 1 is 1.21 bits per heavy atom. The highest BCUT2D eigenvalue weighted by molar-refractivity contribution is 14.0. The van der Waals surface area contributed by atoms with Crippen LogP contribution in [0.25, 0.3) is 0 Å². The number of rotatable bonds is 8. The normalized spacial score (nSPS) is 19.1. The average molecular weight is 505 g/mol. The molecule has 1 fully saturated rings.